The Balaban J connectivity index is 1.76. The summed E-state index contributed by atoms with van der Waals surface area (Å²) in [6.07, 6.45) is 2.30. The highest BCUT2D eigenvalue weighted by molar-refractivity contribution is 7.09. The minimum atomic E-state index is 0.159. The first kappa shape index (κ1) is 13.0. The van der Waals surface area contributed by atoms with Gasteiger partial charge in [-0.05, 0) is 30.8 Å². The van der Waals surface area contributed by atoms with Gasteiger partial charge in [-0.25, -0.2) is 0 Å². The molecule has 1 saturated heterocycles. The lowest BCUT2D eigenvalue weighted by Crippen LogP contribution is -2.50. The number of rotatable bonds is 5. The molecule has 96 valence electrons. The maximum absolute atomic E-state index is 6.23. The first-order valence-corrected chi connectivity index (χ1v) is 7.29. The Kier molecular flexibility index (Phi) is 4.98. The minimum absolute atomic E-state index is 0.159. The molecule has 1 fully saturated rings. The van der Waals surface area contributed by atoms with E-state index in [1.165, 1.54) is 4.88 Å². The van der Waals surface area contributed by atoms with E-state index in [0.29, 0.717) is 0 Å². The smallest absolute Gasteiger partial charge is 0.0853 e. The van der Waals surface area contributed by atoms with E-state index in [9.17, 15) is 0 Å². The number of nitrogens with zero attached hydrogens (tertiary/aromatic N) is 1. The maximum Gasteiger partial charge on any atom is 0.0853 e. The average molecular weight is 254 g/mol. The van der Waals surface area contributed by atoms with Crippen molar-refractivity contribution in [1.82, 2.24) is 4.90 Å². The van der Waals surface area contributed by atoms with Gasteiger partial charge in [0, 0.05) is 24.0 Å². The lowest BCUT2D eigenvalue weighted by molar-refractivity contribution is -0.0397. The van der Waals surface area contributed by atoms with Crippen LogP contribution in [0.3, 0.4) is 0 Å². The second-order valence-electron chi connectivity index (χ2n) is 4.58. The van der Waals surface area contributed by atoms with Crippen LogP contribution in [0, 0.1) is 0 Å². The highest BCUT2D eigenvalue weighted by atomic mass is 32.1. The van der Waals surface area contributed by atoms with Crippen molar-refractivity contribution in [2.24, 2.45) is 5.73 Å². The molecular weight excluding hydrogens is 232 g/mol. The van der Waals surface area contributed by atoms with Crippen molar-refractivity contribution >= 4 is 11.3 Å². The van der Waals surface area contributed by atoms with Gasteiger partial charge in [0.1, 0.15) is 0 Å². The first-order chi connectivity index (χ1) is 8.29. The largest absolute Gasteiger partial charge is 0.374 e. The standard InChI is InChI=1S/C13H22N2OS/c1-2-15-7-8-16-13(10-15)12(14)6-5-11-4-3-9-17-11/h3-4,9,12-13H,2,5-8,10,14H2,1H3. The number of ether oxygens (including phenoxy) is 1. The molecule has 0 spiro atoms. The summed E-state index contributed by atoms with van der Waals surface area (Å²) in [4.78, 5) is 3.84. The molecule has 2 rings (SSSR count). The molecular formula is C13H22N2OS. The van der Waals surface area contributed by atoms with Crippen LogP contribution in [0.2, 0.25) is 0 Å². The van der Waals surface area contributed by atoms with Crippen molar-refractivity contribution in [3.63, 3.8) is 0 Å². The summed E-state index contributed by atoms with van der Waals surface area (Å²) in [5, 5.41) is 2.12. The first-order valence-electron chi connectivity index (χ1n) is 6.41. The van der Waals surface area contributed by atoms with Crippen molar-refractivity contribution in [2.75, 3.05) is 26.2 Å². The normalized spacial score (nSPS) is 23.8. The fourth-order valence-corrected chi connectivity index (χ4v) is 2.95. The summed E-state index contributed by atoms with van der Waals surface area (Å²) >= 11 is 1.81. The number of hydrogen-bond donors (Lipinski definition) is 1. The number of likely N-dealkylation sites (N-methyl/N-ethyl adjacent to an activating group) is 1. The lowest BCUT2D eigenvalue weighted by Gasteiger charge is -2.35. The highest BCUT2D eigenvalue weighted by Gasteiger charge is 2.24. The van der Waals surface area contributed by atoms with Gasteiger partial charge in [0.25, 0.3) is 0 Å². The van der Waals surface area contributed by atoms with Crippen LogP contribution in [0.15, 0.2) is 17.5 Å². The third kappa shape index (κ3) is 3.78. The van der Waals surface area contributed by atoms with Crippen LogP contribution in [-0.2, 0) is 11.2 Å². The summed E-state index contributed by atoms with van der Waals surface area (Å²) in [5.41, 5.74) is 6.23. The van der Waals surface area contributed by atoms with Crippen molar-refractivity contribution in [1.29, 1.82) is 0 Å². The zero-order valence-electron chi connectivity index (χ0n) is 10.5. The van der Waals surface area contributed by atoms with Crippen molar-refractivity contribution < 1.29 is 4.74 Å². The molecule has 2 unspecified atom stereocenters. The Morgan fingerprint density at radius 1 is 1.65 bits per heavy atom. The van der Waals surface area contributed by atoms with Gasteiger partial charge in [0.2, 0.25) is 0 Å². The Bertz CT molecular complexity index is 315. The van der Waals surface area contributed by atoms with Crippen molar-refractivity contribution in [3.05, 3.63) is 22.4 Å². The monoisotopic (exact) mass is 254 g/mol. The number of nitrogens with two attached hydrogens (primary N) is 1. The molecule has 1 aliphatic heterocycles. The minimum Gasteiger partial charge on any atom is -0.374 e. The predicted octanol–water partition coefficient (Wildman–Crippen LogP) is 1.73. The molecule has 17 heavy (non-hydrogen) atoms. The van der Waals surface area contributed by atoms with Crippen LogP contribution in [0.5, 0.6) is 0 Å². The highest BCUT2D eigenvalue weighted by Crippen LogP contribution is 2.15. The van der Waals surface area contributed by atoms with Gasteiger partial charge in [-0.1, -0.05) is 13.0 Å². The number of thiophene rings is 1. The Morgan fingerprint density at radius 3 is 3.24 bits per heavy atom. The van der Waals surface area contributed by atoms with E-state index in [1.54, 1.807) is 0 Å². The molecule has 1 aliphatic rings. The van der Waals surface area contributed by atoms with Crippen LogP contribution in [0.4, 0.5) is 0 Å². The molecule has 0 radical (unpaired) electrons. The molecule has 2 heterocycles. The van der Waals surface area contributed by atoms with Crippen LogP contribution >= 0.6 is 11.3 Å². The van der Waals surface area contributed by atoms with Crippen LogP contribution in [-0.4, -0.2) is 43.3 Å². The molecule has 4 heteroatoms. The molecule has 0 amide bonds. The van der Waals surface area contributed by atoms with Crippen LogP contribution in [0.1, 0.15) is 18.2 Å². The zero-order chi connectivity index (χ0) is 12.1. The Labute approximate surface area is 108 Å². The van der Waals surface area contributed by atoms with E-state index >= 15 is 0 Å². The van der Waals surface area contributed by atoms with Crippen molar-refractivity contribution in [2.45, 2.75) is 31.9 Å². The molecule has 0 aliphatic carbocycles. The SMILES string of the molecule is CCN1CCOC(C(N)CCc2cccs2)C1. The summed E-state index contributed by atoms with van der Waals surface area (Å²) in [6, 6.07) is 4.44. The summed E-state index contributed by atoms with van der Waals surface area (Å²) in [7, 11) is 0. The zero-order valence-corrected chi connectivity index (χ0v) is 11.3. The molecule has 1 aromatic rings. The molecule has 0 bridgehead atoms. The van der Waals surface area contributed by atoms with Gasteiger partial charge in [0.05, 0.1) is 12.7 Å². The van der Waals surface area contributed by atoms with E-state index in [2.05, 4.69) is 29.3 Å². The second kappa shape index (κ2) is 6.50. The number of hydrogen-bond acceptors (Lipinski definition) is 4. The van der Waals surface area contributed by atoms with Gasteiger partial charge < -0.3 is 10.5 Å². The number of aryl methyl sites for hydroxylation is 1. The second-order valence-corrected chi connectivity index (χ2v) is 5.62. The third-order valence-corrected chi connectivity index (χ3v) is 4.34. The average Bonchev–Trinajstić information content (AvgIpc) is 2.89. The fraction of sp³-hybridized carbons (Fsp3) is 0.692. The fourth-order valence-electron chi connectivity index (χ4n) is 2.23. The maximum atomic E-state index is 6.23. The molecule has 2 atom stereocenters. The summed E-state index contributed by atoms with van der Waals surface area (Å²) in [6.45, 7) is 6.15. The van der Waals surface area contributed by atoms with E-state index in [0.717, 1.165) is 39.1 Å². The Morgan fingerprint density at radius 2 is 2.53 bits per heavy atom. The third-order valence-electron chi connectivity index (χ3n) is 3.41. The summed E-state index contributed by atoms with van der Waals surface area (Å²) < 4.78 is 5.78. The van der Waals surface area contributed by atoms with Gasteiger partial charge in [-0.15, -0.1) is 11.3 Å². The molecule has 0 saturated carbocycles. The van der Waals surface area contributed by atoms with Gasteiger partial charge in [-0.2, -0.15) is 0 Å². The van der Waals surface area contributed by atoms with E-state index in [4.69, 9.17) is 10.5 Å². The summed E-state index contributed by atoms with van der Waals surface area (Å²) in [5.74, 6) is 0. The van der Waals surface area contributed by atoms with Crippen molar-refractivity contribution in [3.8, 4) is 0 Å². The molecule has 1 aromatic heterocycles. The van der Waals surface area contributed by atoms with E-state index in [1.807, 2.05) is 11.3 Å². The van der Waals surface area contributed by atoms with Gasteiger partial charge in [-0.3, -0.25) is 4.90 Å². The van der Waals surface area contributed by atoms with E-state index in [-0.39, 0.29) is 12.1 Å². The predicted molar refractivity (Wildman–Crippen MR) is 72.5 cm³/mol. The van der Waals surface area contributed by atoms with Gasteiger partial charge in [0.15, 0.2) is 0 Å². The topological polar surface area (TPSA) is 38.5 Å². The lowest BCUT2D eigenvalue weighted by atomic mass is 10.0. The van der Waals surface area contributed by atoms with E-state index < -0.39 is 0 Å². The van der Waals surface area contributed by atoms with Crippen LogP contribution in [0.25, 0.3) is 0 Å². The molecule has 2 N–H and O–H groups in total. The molecule has 3 nitrogen and oxygen atoms in total. The quantitative estimate of drug-likeness (QED) is 0.869. The Hall–Kier alpha value is -0.420. The van der Waals surface area contributed by atoms with Gasteiger partial charge >= 0.3 is 0 Å². The number of morpholine rings is 1. The van der Waals surface area contributed by atoms with Crippen LogP contribution < -0.4 is 5.73 Å². The molecule has 0 aromatic carbocycles.